The van der Waals surface area contributed by atoms with Crippen LogP contribution in [0.1, 0.15) is 22.7 Å². The first-order valence-corrected chi connectivity index (χ1v) is 9.03. The van der Waals surface area contributed by atoms with Crippen molar-refractivity contribution in [2.75, 3.05) is 60.9 Å². The molecule has 0 bridgehead atoms. The van der Waals surface area contributed by atoms with Gasteiger partial charge in [0.15, 0.2) is 5.76 Å². The van der Waals surface area contributed by atoms with Gasteiger partial charge in [-0.3, -0.25) is 9.59 Å². The van der Waals surface area contributed by atoms with E-state index in [1.807, 2.05) is 19.0 Å². The third kappa shape index (κ3) is 5.99. The number of carbonyl (C=O) groups excluding carboxylic acids is 3. The van der Waals surface area contributed by atoms with Crippen LogP contribution in [0.15, 0.2) is 16.5 Å². The zero-order valence-corrected chi connectivity index (χ0v) is 16.5. The number of rotatable bonds is 6. The van der Waals surface area contributed by atoms with E-state index in [-0.39, 0.29) is 30.2 Å². The highest BCUT2D eigenvalue weighted by Crippen LogP contribution is 2.10. The second kappa shape index (κ2) is 9.40. The SMILES string of the molecule is CN(C)CCN1CCN(C(=O)NCc2ccc(C(=O)N(C)C)o2)CCC1=O. The van der Waals surface area contributed by atoms with E-state index in [0.717, 1.165) is 6.54 Å². The highest BCUT2D eigenvalue weighted by molar-refractivity contribution is 5.91. The van der Waals surface area contributed by atoms with Crippen LogP contribution in [0.25, 0.3) is 0 Å². The Morgan fingerprint density at radius 3 is 2.56 bits per heavy atom. The van der Waals surface area contributed by atoms with E-state index in [1.165, 1.54) is 4.90 Å². The fourth-order valence-corrected chi connectivity index (χ4v) is 2.71. The molecule has 0 aromatic carbocycles. The third-order valence-corrected chi connectivity index (χ3v) is 4.38. The van der Waals surface area contributed by atoms with Gasteiger partial charge in [0, 0.05) is 53.2 Å². The van der Waals surface area contributed by atoms with Crippen molar-refractivity contribution < 1.29 is 18.8 Å². The molecule has 1 aromatic heterocycles. The molecule has 1 aromatic rings. The quantitative estimate of drug-likeness (QED) is 0.767. The van der Waals surface area contributed by atoms with E-state index in [0.29, 0.717) is 38.4 Å². The minimum atomic E-state index is -0.242. The van der Waals surface area contributed by atoms with Crippen LogP contribution >= 0.6 is 0 Å². The maximum Gasteiger partial charge on any atom is 0.317 e. The van der Waals surface area contributed by atoms with E-state index in [9.17, 15) is 14.4 Å². The van der Waals surface area contributed by atoms with Crippen LogP contribution in [0.4, 0.5) is 4.79 Å². The smallest absolute Gasteiger partial charge is 0.317 e. The molecule has 0 unspecified atom stereocenters. The van der Waals surface area contributed by atoms with Crippen molar-refractivity contribution in [3.8, 4) is 0 Å². The Labute approximate surface area is 159 Å². The van der Waals surface area contributed by atoms with Crippen LogP contribution in [0.3, 0.4) is 0 Å². The van der Waals surface area contributed by atoms with E-state index in [2.05, 4.69) is 5.32 Å². The number of urea groups is 1. The predicted octanol–water partition coefficient (Wildman–Crippen LogP) is 0.287. The summed E-state index contributed by atoms with van der Waals surface area (Å²) in [7, 11) is 7.23. The molecule has 1 N–H and O–H groups in total. The van der Waals surface area contributed by atoms with Crippen LogP contribution in [0.2, 0.25) is 0 Å². The van der Waals surface area contributed by atoms with Gasteiger partial charge in [0.25, 0.3) is 5.91 Å². The standard InChI is InChI=1S/C18H29N5O4/c1-20(2)9-10-22-11-12-23(8-7-16(22)24)18(26)19-13-14-5-6-15(27-14)17(25)21(3)4/h5-6H,7-13H2,1-4H3,(H,19,26). The van der Waals surface area contributed by atoms with Crippen molar-refractivity contribution in [2.24, 2.45) is 0 Å². The van der Waals surface area contributed by atoms with Gasteiger partial charge in [0.05, 0.1) is 6.54 Å². The topological polar surface area (TPSA) is 89.3 Å². The molecule has 0 atom stereocenters. The van der Waals surface area contributed by atoms with Gasteiger partial charge in [-0.05, 0) is 26.2 Å². The molecule has 0 radical (unpaired) electrons. The maximum absolute atomic E-state index is 12.4. The lowest BCUT2D eigenvalue weighted by Gasteiger charge is -2.23. The molecule has 9 heteroatoms. The molecule has 1 aliphatic rings. The second-order valence-corrected chi connectivity index (χ2v) is 7.05. The minimum absolute atomic E-state index is 0.0741. The number of nitrogens with one attached hydrogen (secondary N) is 1. The fraction of sp³-hybridized carbons (Fsp3) is 0.611. The molecule has 1 fully saturated rings. The number of hydrogen-bond donors (Lipinski definition) is 1. The minimum Gasteiger partial charge on any atom is -0.454 e. The maximum atomic E-state index is 12.4. The summed E-state index contributed by atoms with van der Waals surface area (Å²) in [6.07, 6.45) is 0.323. The summed E-state index contributed by atoms with van der Waals surface area (Å²) in [6, 6.07) is 3.03. The Morgan fingerprint density at radius 2 is 1.89 bits per heavy atom. The molecule has 27 heavy (non-hydrogen) atoms. The Bertz CT molecular complexity index is 670. The number of hydrogen-bond acceptors (Lipinski definition) is 5. The van der Waals surface area contributed by atoms with Crippen molar-refractivity contribution in [1.82, 2.24) is 24.9 Å². The Balaban J connectivity index is 1.84. The first-order valence-electron chi connectivity index (χ1n) is 9.03. The lowest BCUT2D eigenvalue weighted by molar-refractivity contribution is -0.130. The van der Waals surface area contributed by atoms with Gasteiger partial charge >= 0.3 is 6.03 Å². The molecular weight excluding hydrogens is 350 g/mol. The fourth-order valence-electron chi connectivity index (χ4n) is 2.71. The average molecular weight is 379 g/mol. The van der Waals surface area contributed by atoms with Crippen LogP contribution in [-0.4, -0.2) is 98.4 Å². The Kier molecular flexibility index (Phi) is 7.23. The van der Waals surface area contributed by atoms with Crippen molar-refractivity contribution in [1.29, 1.82) is 0 Å². The van der Waals surface area contributed by atoms with E-state index < -0.39 is 0 Å². The number of furan rings is 1. The summed E-state index contributed by atoms with van der Waals surface area (Å²) >= 11 is 0. The number of likely N-dealkylation sites (N-methyl/N-ethyl adjacent to an activating group) is 1. The Morgan fingerprint density at radius 1 is 1.15 bits per heavy atom. The molecule has 2 rings (SSSR count). The van der Waals surface area contributed by atoms with Gasteiger partial charge in [-0.2, -0.15) is 0 Å². The number of amides is 4. The van der Waals surface area contributed by atoms with Crippen molar-refractivity contribution in [3.05, 3.63) is 23.7 Å². The zero-order valence-electron chi connectivity index (χ0n) is 16.5. The summed E-state index contributed by atoms with van der Waals surface area (Å²) < 4.78 is 5.47. The summed E-state index contributed by atoms with van der Waals surface area (Å²) in [5.74, 6) is 0.592. The van der Waals surface area contributed by atoms with Crippen LogP contribution in [0.5, 0.6) is 0 Å². The van der Waals surface area contributed by atoms with Gasteiger partial charge < -0.3 is 29.3 Å². The van der Waals surface area contributed by atoms with Gasteiger partial charge in [-0.25, -0.2) is 4.79 Å². The molecule has 0 spiro atoms. The van der Waals surface area contributed by atoms with Crippen LogP contribution in [-0.2, 0) is 11.3 Å². The summed E-state index contributed by atoms with van der Waals surface area (Å²) in [5.41, 5.74) is 0. The normalized spacial score (nSPS) is 15.1. The van der Waals surface area contributed by atoms with Gasteiger partial charge in [0.1, 0.15) is 5.76 Å². The van der Waals surface area contributed by atoms with Crippen LogP contribution < -0.4 is 5.32 Å². The van der Waals surface area contributed by atoms with E-state index in [4.69, 9.17) is 4.42 Å². The highest BCUT2D eigenvalue weighted by atomic mass is 16.4. The first-order chi connectivity index (χ1) is 12.8. The zero-order chi connectivity index (χ0) is 20.0. The molecule has 2 heterocycles. The highest BCUT2D eigenvalue weighted by Gasteiger charge is 2.23. The second-order valence-electron chi connectivity index (χ2n) is 7.05. The van der Waals surface area contributed by atoms with Crippen LogP contribution in [0, 0.1) is 0 Å². The number of carbonyl (C=O) groups is 3. The summed E-state index contributed by atoms with van der Waals surface area (Å²) in [5, 5.41) is 2.79. The average Bonchev–Trinajstić information content (AvgIpc) is 3.01. The van der Waals surface area contributed by atoms with E-state index >= 15 is 0 Å². The number of nitrogens with zero attached hydrogens (tertiary/aromatic N) is 4. The van der Waals surface area contributed by atoms with Gasteiger partial charge in [-0.1, -0.05) is 0 Å². The van der Waals surface area contributed by atoms with Gasteiger partial charge in [0.2, 0.25) is 5.91 Å². The largest absolute Gasteiger partial charge is 0.454 e. The molecule has 0 aliphatic carbocycles. The molecule has 150 valence electrons. The van der Waals surface area contributed by atoms with E-state index in [1.54, 1.807) is 36.0 Å². The molecular formula is C18H29N5O4. The predicted molar refractivity (Wildman–Crippen MR) is 100 cm³/mol. The van der Waals surface area contributed by atoms with Crippen molar-refractivity contribution in [2.45, 2.75) is 13.0 Å². The first kappa shape index (κ1) is 20.8. The monoisotopic (exact) mass is 379 g/mol. The third-order valence-electron chi connectivity index (χ3n) is 4.38. The summed E-state index contributed by atoms with van der Waals surface area (Å²) in [6.45, 7) is 3.07. The molecule has 4 amide bonds. The molecule has 1 saturated heterocycles. The van der Waals surface area contributed by atoms with Crippen molar-refractivity contribution >= 4 is 17.8 Å². The summed E-state index contributed by atoms with van der Waals surface area (Å²) in [4.78, 5) is 43.3. The molecule has 9 nitrogen and oxygen atoms in total. The lowest BCUT2D eigenvalue weighted by atomic mass is 10.3. The molecule has 1 aliphatic heterocycles. The van der Waals surface area contributed by atoms with Crippen molar-refractivity contribution in [3.63, 3.8) is 0 Å². The van der Waals surface area contributed by atoms with Gasteiger partial charge in [-0.15, -0.1) is 0 Å². The Hall–Kier alpha value is -2.55. The lowest BCUT2D eigenvalue weighted by Crippen LogP contribution is -2.42. The molecule has 0 saturated carbocycles.